The van der Waals surface area contributed by atoms with Gasteiger partial charge in [-0.15, -0.1) is 0 Å². The van der Waals surface area contributed by atoms with Crippen LogP contribution in [0.3, 0.4) is 0 Å². The molecule has 162 valence electrons. The third-order valence-corrected chi connectivity index (χ3v) is 5.41. The summed E-state index contributed by atoms with van der Waals surface area (Å²) in [4.78, 5) is 26.3. The molecule has 32 heavy (non-hydrogen) atoms. The Kier molecular flexibility index (Phi) is 6.23. The molecule has 5 nitrogen and oxygen atoms in total. The Balaban J connectivity index is 1.55. The van der Waals surface area contributed by atoms with E-state index in [-0.39, 0.29) is 35.6 Å². The Morgan fingerprint density at radius 2 is 1.97 bits per heavy atom. The average molecular weight is 451 g/mol. The van der Waals surface area contributed by atoms with Gasteiger partial charge in [0.25, 0.3) is 5.91 Å². The average Bonchev–Trinajstić information content (AvgIpc) is 2.77. The molecule has 4 rings (SSSR count). The highest BCUT2D eigenvalue weighted by Gasteiger charge is 2.27. The van der Waals surface area contributed by atoms with Gasteiger partial charge in [-0.3, -0.25) is 9.59 Å². The Hall–Kier alpha value is -3.64. The van der Waals surface area contributed by atoms with Crippen molar-refractivity contribution in [3.63, 3.8) is 0 Å². The molecule has 0 unspecified atom stereocenters. The van der Waals surface area contributed by atoms with Gasteiger partial charge in [-0.2, -0.15) is 0 Å². The minimum Gasteiger partial charge on any atom is -0.482 e. The molecule has 0 aromatic heterocycles. The van der Waals surface area contributed by atoms with Crippen molar-refractivity contribution in [2.24, 2.45) is 0 Å². The van der Waals surface area contributed by atoms with Crippen molar-refractivity contribution in [2.45, 2.75) is 13.5 Å². The molecular weight excluding hydrogens is 431 g/mol. The second-order valence-electron chi connectivity index (χ2n) is 7.38. The van der Waals surface area contributed by atoms with Gasteiger partial charge >= 0.3 is 0 Å². The number of nitrogens with one attached hydrogen (secondary N) is 1. The summed E-state index contributed by atoms with van der Waals surface area (Å²) in [6, 6.07) is 17.1. The number of nitrogens with zero attached hydrogens (tertiary/aromatic N) is 1. The number of halogens is 2. The van der Waals surface area contributed by atoms with Crippen molar-refractivity contribution < 1.29 is 18.7 Å². The molecule has 0 saturated heterocycles. The Bertz CT molecular complexity index is 1190. The van der Waals surface area contributed by atoms with E-state index in [0.717, 1.165) is 11.1 Å². The molecule has 0 atom stereocenters. The second-order valence-corrected chi connectivity index (χ2v) is 7.79. The minimum atomic E-state index is -0.496. The number of carbonyl (C=O) groups is 2. The molecule has 0 aliphatic carbocycles. The molecular formula is C25H20ClFN2O3. The lowest BCUT2D eigenvalue weighted by atomic mass is 10.1. The van der Waals surface area contributed by atoms with Gasteiger partial charge in [0.2, 0.25) is 5.91 Å². The summed E-state index contributed by atoms with van der Waals surface area (Å²) >= 11 is 6.14. The normalized spacial score (nSPS) is 13.1. The second kappa shape index (κ2) is 9.24. The summed E-state index contributed by atoms with van der Waals surface area (Å²) in [5.41, 5.74) is 3.17. The fourth-order valence-electron chi connectivity index (χ4n) is 3.33. The predicted molar refractivity (Wildman–Crippen MR) is 123 cm³/mol. The molecule has 0 fully saturated rings. The number of hydrogen-bond donors (Lipinski definition) is 1. The molecule has 1 N–H and O–H groups in total. The lowest BCUT2D eigenvalue weighted by molar-refractivity contribution is -0.121. The fourth-order valence-corrected chi connectivity index (χ4v) is 3.55. The standard InChI is InChI=1S/C25H20ClFN2O3/c1-16-5-7-17(8-6-16)9-12-24(30)28-18-10-11-23-22(13-18)29(25(31)15-32-23)14-19-20(26)3-2-4-21(19)27/h2-13H,14-15H2,1H3,(H,28,30)/b12-9+. The first-order valence-electron chi connectivity index (χ1n) is 9.96. The van der Waals surface area contributed by atoms with E-state index in [1.165, 1.54) is 23.1 Å². The first-order valence-corrected chi connectivity index (χ1v) is 10.3. The number of ether oxygens (including phenoxy) is 1. The third-order valence-electron chi connectivity index (χ3n) is 5.05. The van der Waals surface area contributed by atoms with E-state index in [1.54, 1.807) is 30.3 Å². The number of rotatable bonds is 5. The zero-order valence-electron chi connectivity index (χ0n) is 17.3. The lowest BCUT2D eigenvalue weighted by Gasteiger charge is -2.30. The highest BCUT2D eigenvalue weighted by Crippen LogP contribution is 2.36. The van der Waals surface area contributed by atoms with Crippen LogP contribution >= 0.6 is 11.6 Å². The van der Waals surface area contributed by atoms with Crippen LogP contribution in [0.4, 0.5) is 15.8 Å². The van der Waals surface area contributed by atoms with Crippen LogP contribution in [0.5, 0.6) is 5.75 Å². The van der Waals surface area contributed by atoms with Crippen LogP contribution in [0.25, 0.3) is 6.08 Å². The molecule has 1 aliphatic heterocycles. The van der Waals surface area contributed by atoms with Crippen LogP contribution in [0.1, 0.15) is 16.7 Å². The van der Waals surface area contributed by atoms with Crippen LogP contribution in [-0.2, 0) is 16.1 Å². The first kappa shape index (κ1) is 21.6. The fraction of sp³-hybridized carbons (Fsp3) is 0.120. The third kappa shape index (κ3) is 4.81. The molecule has 0 bridgehead atoms. The van der Waals surface area contributed by atoms with Crippen molar-refractivity contribution in [3.8, 4) is 5.75 Å². The molecule has 1 heterocycles. The van der Waals surface area contributed by atoms with Gasteiger partial charge < -0.3 is 15.0 Å². The van der Waals surface area contributed by atoms with Crippen LogP contribution in [0, 0.1) is 12.7 Å². The summed E-state index contributed by atoms with van der Waals surface area (Å²) in [5, 5.41) is 3.01. The Morgan fingerprint density at radius 3 is 2.72 bits per heavy atom. The largest absolute Gasteiger partial charge is 0.482 e. The lowest BCUT2D eigenvalue weighted by Crippen LogP contribution is -2.38. The maximum absolute atomic E-state index is 14.3. The van der Waals surface area contributed by atoms with E-state index in [4.69, 9.17) is 16.3 Å². The first-order chi connectivity index (χ1) is 15.4. The molecule has 3 aromatic rings. The summed E-state index contributed by atoms with van der Waals surface area (Å²) < 4.78 is 19.8. The Labute approximate surface area is 190 Å². The number of anilines is 2. The SMILES string of the molecule is Cc1ccc(/C=C/C(=O)Nc2ccc3c(c2)N(Cc2c(F)cccc2Cl)C(=O)CO3)cc1. The zero-order valence-corrected chi connectivity index (χ0v) is 18.0. The summed E-state index contributed by atoms with van der Waals surface area (Å²) in [7, 11) is 0. The molecule has 2 amide bonds. The van der Waals surface area contributed by atoms with Gasteiger partial charge in [-0.05, 0) is 48.9 Å². The van der Waals surface area contributed by atoms with Crippen molar-refractivity contribution in [2.75, 3.05) is 16.8 Å². The molecule has 0 spiro atoms. The van der Waals surface area contributed by atoms with E-state index in [9.17, 15) is 14.0 Å². The van der Waals surface area contributed by atoms with E-state index < -0.39 is 5.82 Å². The predicted octanol–water partition coefficient (Wildman–Crippen LogP) is 5.37. The number of fused-ring (bicyclic) bond motifs is 1. The van der Waals surface area contributed by atoms with Crippen LogP contribution in [0.2, 0.25) is 5.02 Å². The van der Waals surface area contributed by atoms with Crippen LogP contribution in [-0.4, -0.2) is 18.4 Å². The molecule has 0 saturated carbocycles. The highest BCUT2D eigenvalue weighted by molar-refractivity contribution is 6.31. The number of carbonyl (C=O) groups excluding carboxylic acids is 2. The summed E-state index contributed by atoms with van der Waals surface area (Å²) in [5.74, 6) is -0.689. The van der Waals surface area contributed by atoms with Gasteiger partial charge in [0, 0.05) is 22.3 Å². The van der Waals surface area contributed by atoms with Crippen molar-refractivity contribution in [3.05, 3.63) is 94.3 Å². The van der Waals surface area contributed by atoms with E-state index >= 15 is 0 Å². The van der Waals surface area contributed by atoms with Crippen molar-refractivity contribution in [1.82, 2.24) is 0 Å². The van der Waals surface area contributed by atoms with Gasteiger partial charge in [0.15, 0.2) is 6.61 Å². The van der Waals surface area contributed by atoms with Crippen molar-refractivity contribution in [1.29, 1.82) is 0 Å². The minimum absolute atomic E-state index is 0.0502. The van der Waals surface area contributed by atoms with E-state index in [2.05, 4.69) is 5.32 Å². The maximum atomic E-state index is 14.3. The topological polar surface area (TPSA) is 58.6 Å². The number of hydrogen-bond acceptors (Lipinski definition) is 3. The van der Waals surface area contributed by atoms with Gasteiger partial charge in [0.1, 0.15) is 11.6 Å². The monoisotopic (exact) mass is 450 g/mol. The number of benzene rings is 3. The quantitative estimate of drug-likeness (QED) is 0.532. The number of aryl methyl sites for hydroxylation is 1. The maximum Gasteiger partial charge on any atom is 0.265 e. The van der Waals surface area contributed by atoms with Gasteiger partial charge in [-0.25, -0.2) is 4.39 Å². The summed E-state index contributed by atoms with van der Waals surface area (Å²) in [6.45, 7) is 1.78. The summed E-state index contributed by atoms with van der Waals surface area (Å²) in [6.07, 6.45) is 3.15. The molecule has 0 radical (unpaired) electrons. The number of amides is 2. The van der Waals surface area contributed by atoms with Crippen molar-refractivity contribution >= 4 is 40.9 Å². The van der Waals surface area contributed by atoms with Crippen LogP contribution in [0.15, 0.2) is 66.7 Å². The van der Waals surface area contributed by atoms with Gasteiger partial charge in [-0.1, -0.05) is 47.5 Å². The zero-order chi connectivity index (χ0) is 22.7. The molecule has 3 aromatic carbocycles. The van der Waals surface area contributed by atoms with E-state index in [1.807, 2.05) is 31.2 Å². The molecule has 1 aliphatic rings. The molecule has 7 heteroatoms. The van der Waals surface area contributed by atoms with Crippen LogP contribution < -0.4 is 15.0 Å². The highest BCUT2D eigenvalue weighted by atomic mass is 35.5. The Morgan fingerprint density at radius 1 is 1.19 bits per heavy atom. The van der Waals surface area contributed by atoms with Gasteiger partial charge in [0.05, 0.1) is 12.2 Å². The van der Waals surface area contributed by atoms with E-state index in [0.29, 0.717) is 17.1 Å². The smallest absolute Gasteiger partial charge is 0.265 e.